The fraction of sp³-hybridized carbons (Fsp3) is 0. The topological polar surface area (TPSA) is 137 Å². The van der Waals surface area contributed by atoms with Crippen LogP contribution in [-0.4, -0.2) is 17.5 Å². The van der Waals surface area contributed by atoms with E-state index in [2.05, 4.69) is 9.95 Å². The molecule has 0 aliphatic carbocycles. The third-order valence-corrected chi connectivity index (χ3v) is 4.19. The van der Waals surface area contributed by atoms with Crippen LogP contribution in [0.1, 0.15) is 0 Å². The third kappa shape index (κ3) is 8.69. The summed E-state index contributed by atoms with van der Waals surface area (Å²) in [7, 11) is -5.17. The van der Waals surface area contributed by atoms with Crippen LogP contribution in [0.15, 0.2) is 109 Å². The van der Waals surface area contributed by atoms with E-state index >= 15 is 0 Å². The van der Waals surface area contributed by atoms with Gasteiger partial charge in [0.25, 0.3) is 0 Å². The zero-order chi connectivity index (χ0) is 24.1. The van der Waals surface area contributed by atoms with E-state index in [1.807, 2.05) is 97.1 Å². The van der Waals surface area contributed by atoms with Gasteiger partial charge in [0.15, 0.2) is 9.95 Å². The molecule has 0 fully saturated rings. The lowest BCUT2D eigenvalue weighted by atomic mass is 10.0. The van der Waals surface area contributed by atoms with Crippen molar-refractivity contribution in [2.24, 2.45) is 0 Å². The smallest absolute Gasteiger partial charge is 0.392 e. The monoisotopic (exact) mass is 458 g/mol. The number of benzene rings is 4. The predicted octanol–water partition coefficient (Wildman–Crippen LogP) is 6.34. The van der Waals surface area contributed by atoms with Gasteiger partial charge in [0, 0.05) is 22.5 Å². The molecule has 0 bridgehead atoms. The van der Waals surface area contributed by atoms with Crippen LogP contribution in [0.2, 0.25) is 0 Å². The predicted molar refractivity (Wildman–Crippen MR) is 124 cm³/mol. The van der Waals surface area contributed by atoms with Crippen molar-refractivity contribution in [3.8, 4) is 22.3 Å². The molecule has 4 aromatic carbocycles. The average molecular weight is 458 g/mol. The number of hydrogen-bond donors (Lipinski definition) is 0. The Morgan fingerprint density at radius 2 is 0.788 bits per heavy atom. The molecule has 0 amide bonds. The molecule has 0 heterocycles. The summed E-state index contributed by atoms with van der Waals surface area (Å²) in [6.07, 6.45) is 0. The first kappa shape index (κ1) is 24.9. The Labute approximate surface area is 191 Å². The van der Waals surface area contributed by atoms with E-state index in [1.165, 1.54) is 0 Å². The Kier molecular flexibility index (Phi) is 9.37. The molecule has 0 atom stereocenters. The van der Waals surface area contributed by atoms with E-state index in [1.54, 1.807) is 12.1 Å². The van der Waals surface area contributed by atoms with Crippen molar-refractivity contribution in [2.45, 2.75) is 0 Å². The molecule has 4 rings (SSSR count). The summed E-state index contributed by atoms with van der Waals surface area (Å²) >= 11 is 0. The molecule has 4 aromatic rings. The normalized spacial score (nSPS) is 9.70. The van der Waals surface area contributed by atoms with Gasteiger partial charge in [0.1, 0.15) is 0 Å². The van der Waals surface area contributed by atoms with Gasteiger partial charge in [0.05, 0.1) is 11.1 Å². The van der Waals surface area contributed by atoms with Crippen LogP contribution in [0.5, 0.6) is 0 Å². The van der Waals surface area contributed by atoms with Crippen molar-refractivity contribution in [2.75, 3.05) is 0 Å². The highest BCUT2D eigenvalue weighted by Crippen LogP contribution is 2.30. The highest BCUT2D eigenvalue weighted by molar-refractivity contribution is 7.79. The van der Waals surface area contributed by atoms with Gasteiger partial charge in [-0.1, -0.05) is 84.9 Å². The summed E-state index contributed by atoms with van der Waals surface area (Å²) in [5.74, 6) is 0. The Morgan fingerprint density at radius 3 is 1.09 bits per heavy atom. The van der Waals surface area contributed by atoms with Gasteiger partial charge in [-0.25, -0.2) is 0 Å². The maximum atomic E-state index is 8.80. The van der Waals surface area contributed by atoms with Crippen molar-refractivity contribution in [1.29, 1.82) is 10.8 Å². The third-order valence-electron chi connectivity index (χ3n) is 4.19. The Bertz CT molecular complexity index is 1260. The summed E-state index contributed by atoms with van der Waals surface area (Å²) < 4.78 is 34.1. The Morgan fingerprint density at radius 1 is 0.515 bits per heavy atom. The van der Waals surface area contributed by atoms with Crippen molar-refractivity contribution in [3.63, 3.8) is 0 Å². The highest BCUT2D eigenvalue weighted by Gasteiger charge is 2.13. The van der Waals surface area contributed by atoms with Crippen LogP contribution < -0.4 is 0 Å². The molecule has 164 valence electrons. The summed E-state index contributed by atoms with van der Waals surface area (Å²) in [4.78, 5) is 6.49. The second-order valence-corrected chi connectivity index (χ2v) is 7.19. The molecule has 0 aliphatic rings. The van der Waals surface area contributed by atoms with Crippen LogP contribution in [-0.2, 0) is 10.4 Å². The number of rotatable bonds is 2. The highest BCUT2D eigenvalue weighted by atomic mass is 32.3. The molecule has 0 radical (unpaired) electrons. The van der Waals surface area contributed by atoms with E-state index in [4.69, 9.17) is 28.3 Å². The molecular weight excluding hydrogens is 440 g/mol. The van der Waals surface area contributed by atoms with E-state index < -0.39 is 10.4 Å². The zero-order valence-corrected chi connectivity index (χ0v) is 18.0. The van der Waals surface area contributed by atoms with Gasteiger partial charge in [-0.15, -0.1) is 0 Å². The van der Waals surface area contributed by atoms with Crippen molar-refractivity contribution in [3.05, 3.63) is 119 Å². The van der Waals surface area contributed by atoms with Crippen LogP contribution in [0.4, 0.5) is 11.4 Å². The van der Waals surface area contributed by atoms with E-state index in [9.17, 15) is 0 Å². The minimum absolute atomic E-state index is 0.596. The van der Waals surface area contributed by atoms with Crippen LogP contribution >= 0.6 is 0 Å². The SMILES string of the molecule is N#[N+]c1ccccc1-c1ccccc1.N#[N+]c1ccccc1-c1ccccc1.O=S(=O)([O-])[O-]. The largest absolute Gasteiger partial charge is 0.759 e. The summed E-state index contributed by atoms with van der Waals surface area (Å²) in [6.45, 7) is 0. The van der Waals surface area contributed by atoms with E-state index in [0.29, 0.717) is 11.4 Å². The van der Waals surface area contributed by atoms with Gasteiger partial charge in [-0.3, -0.25) is 8.42 Å². The summed E-state index contributed by atoms with van der Waals surface area (Å²) in [5, 5.41) is 17.6. The molecule has 0 aromatic heterocycles. The van der Waals surface area contributed by atoms with Crippen LogP contribution in [0.3, 0.4) is 0 Å². The van der Waals surface area contributed by atoms with Crippen molar-refractivity contribution >= 4 is 21.8 Å². The molecule has 0 aliphatic heterocycles. The molecule has 9 heteroatoms. The first-order chi connectivity index (χ1) is 15.8. The molecular formula is C24H18N4O4S. The second-order valence-electron chi connectivity index (χ2n) is 6.37. The molecule has 8 nitrogen and oxygen atoms in total. The van der Waals surface area contributed by atoms with Crippen LogP contribution in [0.25, 0.3) is 32.2 Å². The summed E-state index contributed by atoms with van der Waals surface area (Å²) in [6, 6.07) is 34.7. The quantitative estimate of drug-likeness (QED) is 0.195. The van der Waals surface area contributed by atoms with Gasteiger partial charge >= 0.3 is 11.4 Å². The second kappa shape index (κ2) is 12.4. The molecule has 0 N–H and O–H groups in total. The van der Waals surface area contributed by atoms with Gasteiger partial charge < -0.3 is 9.11 Å². The Hall–Kier alpha value is -4.41. The zero-order valence-electron chi connectivity index (χ0n) is 17.2. The number of diazo groups is 2. The average Bonchev–Trinajstić information content (AvgIpc) is 2.84. The fourth-order valence-corrected chi connectivity index (χ4v) is 2.85. The standard InChI is InChI=1S/2C12H9N2.H2O4S/c2*13-14-12-9-5-4-8-11(12)10-6-2-1-3-7-10;1-5(2,3)4/h2*1-9H;(H2,1,2,3,4)/q2*+1;/p-2. The first-order valence-corrected chi connectivity index (χ1v) is 10.8. The lowest BCUT2D eigenvalue weighted by molar-refractivity contribution is 0.352. The lowest BCUT2D eigenvalue weighted by Gasteiger charge is -2.06. The van der Waals surface area contributed by atoms with Crippen LogP contribution in [0, 0.1) is 10.8 Å². The minimum atomic E-state index is -5.17. The number of nitrogens with zero attached hydrogens (tertiary/aromatic N) is 4. The lowest BCUT2D eigenvalue weighted by Crippen LogP contribution is -1.91. The minimum Gasteiger partial charge on any atom is -0.759 e. The molecule has 33 heavy (non-hydrogen) atoms. The van der Waals surface area contributed by atoms with Crippen molar-refractivity contribution in [1.82, 2.24) is 0 Å². The summed E-state index contributed by atoms with van der Waals surface area (Å²) in [5.41, 5.74) is 5.19. The first-order valence-electron chi connectivity index (χ1n) is 9.49. The maximum absolute atomic E-state index is 8.80. The molecule has 0 saturated carbocycles. The van der Waals surface area contributed by atoms with Gasteiger partial charge in [0.2, 0.25) is 10.8 Å². The fourth-order valence-electron chi connectivity index (χ4n) is 2.85. The maximum Gasteiger partial charge on any atom is 0.392 e. The van der Waals surface area contributed by atoms with Crippen molar-refractivity contribution < 1.29 is 17.5 Å². The number of hydrogen-bond acceptors (Lipinski definition) is 6. The van der Waals surface area contributed by atoms with E-state index in [-0.39, 0.29) is 0 Å². The van der Waals surface area contributed by atoms with Gasteiger partial charge in [-0.05, 0) is 23.3 Å². The van der Waals surface area contributed by atoms with E-state index in [0.717, 1.165) is 22.3 Å². The molecule has 0 spiro atoms. The van der Waals surface area contributed by atoms with Gasteiger partial charge in [-0.2, -0.15) is 0 Å². The Balaban J connectivity index is 0.000000195. The molecule has 0 saturated heterocycles. The molecule has 0 unspecified atom stereocenters.